The maximum Gasteiger partial charge on any atom is 0.0735 e. The molecule has 1 heterocycles. The second-order valence-corrected chi connectivity index (χ2v) is 5.59. The minimum absolute atomic E-state index is 0.786. The van der Waals surface area contributed by atoms with E-state index >= 15 is 0 Å². The van der Waals surface area contributed by atoms with Gasteiger partial charge in [-0.05, 0) is 29.8 Å². The van der Waals surface area contributed by atoms with Crippen LogP contribution in [0.15, 0.2) is 59.6 Å². The van der Waals surface area contributed by atoms with Gasteiger partial charge < -0.3 is 4.98 Å². The monoisotopic (exact) mass is 273 g/mol. The third-order valence-electron chi connectivity index (χ3n) is 2.81. The summed E-state index contributed by atoms with van der Waals surface area (Å²) in [6, 6.07) is 18.5. The number of thioether (sulfide) groups is 1. The average Bonchev–Trinajstić information content (AvgIpc) is 2.81. The van der Waals surface area contributed by atoms with Gasteiger partial charge in [-0.3, -0.25) is 0 Å². The van der Waals surface area contributed by atoms with E-state index in [0.29, 0.717) is 0 Å². The Hall–Kier alpha value is -1.38. The van der Waals surface area contributed by atoms with Gasteiger partial charge in [0.25, 0.3) is 0 Å². The summed E-state index contributed by atoms with van der Waals surface area (Å²) < 4.78 is 0. The minimum atomic E-state index is 0.786. The summed E-state index contributed by atoms with van der Waals surface area (Å²) in [7, 11) is 0. The van der Waals surface area contributed by atoms with Gasteiger partial charge in [0.1, 0.15) is 0 Å². The molecule has 3 heteroatoms. The second kappa shape index (κ2) is 5.09. The number of rotatable bonds is 3. The van der Waals surface area contributed by atoms with Crippen LogP contribution in [0, 0.1) is 0 Å². The molecular weight excluding hydrogens is 262 g/mol. The Balaban J connectivity index is 1.74. The molecule has 18 heavy (non-hydrogen) atoms. The molecule has 0 aliphatic carbocycles. The Morgan fingerprint density at radius 1 is 1.00 bits per heavy atom. The highest BCUT2D eigenvalue weighted by Crippen LogP contribution is 2.26. The van der Waals surface area contributed by atoms with Crippen molar-refractivity contribution >= 4 is 34.3 Å². The van der Waals surface area contributed by atoms with E-state index < -0.39 is 0 Å². The number of halogens is 1. The first-order valence-corrected chi connectivity index (χ1v) is 7.12. The molecule has 1 N–H and O–H groups in total. The van der Waals surface area contributed by atoms with Crippen LogP contribution >= 0.6 is 23.4 Å². The number of hydrogen-bond donors (Lipinski definition) is 1. The van der Waals surface area contributed by atoms with Crippen LogP contribution < -0.4 is 0 Å². The number of aromatic amines is 1. The van der Waals surface area contributed by atoms with Crippen LogP contribution in [-0.4, -0.2) is 4.98 Å². The van der Waals surface area contributed by atoms with E-state index in [0.717, 1.165) is 10.8 Å². The van der Waals surface area contributed by atoms with Crippen molar-refractivity contribution in [2.45, 2.75) is 10.8 Å². The zero-order valence-corrected chi connectivity index (χ0v) is 11.3. The molecule has 3 aromatic rings. The van der Waals surface area contributed by atoms with Crippen LogP contribution in [-0.2, 0) is 5.75 Å². The van der Waals surface area contributed by atoms with E-state index in [-0.39, 0.29) is 0 Å². The number of hydrogen-bond acceptors (Lipinski definition) is 1. The highest BCUT2D eigenvalue weighted by atomic mass is 35.5. The predicted molar refractivity (Wildman–Crippen MR) is 79.3 cm³/mol. The summed E-state index contributed by atoms with van der Waals surface area (Å²) in [5, 5.41) is 3.25. The van der Waals surface area contributed by atoms with E-state index in [1.807, 2.05) is 18.2 Å². The van der Waals surface area contributed by atoms with Crippen molar-refractivity contribution < 1.29 is 0 Å². The van der Waals surface area contributed by atoms with Crippen molar-refractivity contribution in [3.05, 3.63) is 65.2 Å². The fourth-order valence-electron chi connectivity index (χ4n) is 1.87. The Kier molecular flexibility index (Phi) is 3.31. The van der Waals surface area contributed by atoms with Gasteiger partial charge in [-0.15, -0.1) is 11.8 Å². The van der Waals surface area contributed by atoms with Crippen molar-refractivity contribution in [1.29, 1.82) is 0 Å². The van der Waals surface area contributed by atoms with Gasteiger partial charge in [0.15, 0.2) is 0 Å². The molecule has 0 fully saturated rings. The highest BCUT2D eigenvalue weighted by Gasteiger charge is 2.01. The number of benzene rings is 2. The van der Waals surface area contributed by atoms with Gasteiger partial charge in [-0.1, -0.05) is 41.9 Å². The number of nitrogens with one attached hydrogen (secondary N) is 1. The van der Waals surface area contributed by atoms with Crippen LogP contribution in [0.5, 0.6) is 0 Å². The molecule has 0 bridgehead atoms. The molecule has 0 saturated carbocycles. The Morgan fingerprint density at radius 3 is 2.56 bits per heavy atom. The molecule has 90 valence electrons. The van der Waals surface area contributed by atoms with E-state index in [1.165, 1.54) is 21.5 Å². The van der Waals surface area contributed by atoms with E-state index in [9.17, 15) is 0 Å². The second-order valence-electron chi connectivity index (χ2n) is 4.14. The van der Waals surface area contributed by atoms with Crippen molar-refractivity contribution in [2.24, 2.45) is 0 Å². The van der Waals surface area contributed by atoms with Gasteiger partial charge in [-0.25, -0.2) is 0 Å². The molecule has 3 rings (SSSR count). The van der Waals surface area contributed by atoms with Crippen molar-refractivity contribution in [1.82, 2.24) is 4.98 Å². The number of para-hydroxylation sites is 1. The Labute approximate surface area is 115 Å². The third kappa shape index (κ3) is 2.55. The first kappa shape index (κ1) is 11.7. The summed E-state index contributed by atoms with van der Waals surface area (Å²) in [5.74, 6) is 0.948. The normalized spacial score (nSPS) is 10.9. The van der Waals surface area contributed by atoms with E-state index in [2.05, 4.69) is 41.4 Å². The van der Waals surface area contributed by atoms with Crippen LogP contribution in [0.3, 0.4) is 0 Å². The lowest BCUT2D eigenvalue weighted by molar-refractivity contribution is 1.23. The lowest BCUT2D eigenvalue weighted by atomic mass is 10.2. The molecule has 0 aliphatic rings. The lowest BCUT2D eigenvalue weighted by Gasteiger charge is -1.99. The SMILES string of the molecule is Clc1ccc(CSc2cc3ccccc3[nH]2)cc1. The quantitative estimate of drug-likeness (QED) is 0.656. The molecule has 1 nitrogen and oxygen atoms in total. The van der Waals surface area contributed by atoms with Gasteiger partial charge in [-0.2, -0.15) is 0 Å². The molecule has 1 aromatic heterocycles. The summed E-state index contributed by atoms with van der Waals surface area (Å²) in [6.07, 6.45) is 0. The zero-order chi connectivity index (χ0) is 12.4. The van der Waals surface area contributed by atoms with Crippen LogP contribution in [0.2, 0.25) is 5.02 Å². The molecular formula is C15H12ClNS. The fraction of sp³-hybridized carbons (Fsp3) is 0.0667. The van der Waals surface area contributed by atoms with Crippen LogP contribution in [0.4, 0.5) is 0 Å². The maximum absolute atomic E-state index is 5.87. The molecule has 0 spiro atoms. The van der Waals surface area contributed by atoms with E-state index in [4.69, 9.17) is 11.6 Å². The number of fused-ring (bicyclic) bond motifs is 1. The van der Waals surface area contributed by atoms with Crippen molar-refractivity contribution in [3.63, 3.8) is 0 Å². The zero-order valence-electron chi connectivity index (χ0n) is 9.69. The minimum Gasteiger partial charge on any atom is -0.350 e. The highest BCUT2D eigenvalue weighted by molar-refractivity contribution is 7.98. The maximum atomic E-state index is 5.87. The lowest BCUT2D eigenvalue weighted by Crippen LogP contribution is -1.79. The predicted octanol–water partition coefficient (Wildman–Crippen LogP) is 5.11. The number of H-pyrrole nitrogens is 1. The molecule has 0 amide bonds. The first-order valence-electron chi connectivity index (χ1n) is 5.76. The average molecular weight is 274 g/mol. The molecule has 2 aromatic carbocycles. The van der Waals surface area contributed by atoms with Gasteiger partial charge in [0, 0.05) is 21.7 Å². The Bertz CT molecular complexity index is 625. The van der Waals surface area contributed by atoms with Crippen LogP contribution in [0.25, 0.3) is 10.9 Å². The summed E-state index contributed by atoms with van der Waals surface area (Å²) >= 11 is 7.68. The largest absolute Gasteiger partial charge is 0.350 e. The van der Waals surface area contributed by atoms with E-state index in [1.54, 1.807) is 11.8 Å². The standard InChI is InChI=1S/C15H12ClNS/c16-13-7-5-11(6-8-13)10-18-15-9-12-3-1-2-4-14(12)17-15/h1-9,17H,10H2. The molecule has 0 atom stereocenters. The summed E-state index contributed by atoms with van der Waals surface area (Å²) in [4.78, 5) is 3.41. The Morgan fingerprint density at radius 2 is 1.78 bits per heavy atom. The fourth-order valence-corrected chi connectivity index (χ4v) is 2.90. The molecule has 0 aliphatic heterocycles. The molecule has 0 unspecified atom stereocenters. The van der Waals surface area contributed by atoms with Crippen LogP contribution in [0.1, 0.15) is 5.56 Å². The third-order valence-corrected chi connectivity index (χ3v) is 4.07. The first-order chi connectivity index (χ1) is 8.81. The van der Waals surface area contributed by atoms with Crippen molar-refractivity contribution in [3.8, 4) is 0 Å². The molecule has 0 saturated heterocycles. The smallest absolute Gasteiger partial charge is 0.0735 e. The summed E-state index contributed by atoms with van der Waals surface area (Å²) in [6.45, 7) is 0. The topological polar surface area (TPSA) is 15.8 Å². The number of aromatic nitrogens is 1. The van der Waals surface area contributed by atoms with Gasteiger partial charge in [0.05, 0.1) is 5.03 Å². The van der Waals surface area contributed by atoms with Gasteiger partial charge >= 0.3 is 0 Å². The van der Waals surface area contributed by atoms with Gasteiger partial charge in [0.2, 0.25) is 0 Å². The van der Waals surface area contributed by atoms with Crippen molar-refractivity contribution in [2.75, 3.05) is 0 Å². The summed E-state index contributed by atoms with van der Waals surface area (Å²) in [5.41, 5.74) is 2.47. The molecule has 0 radical (unpaired) electrons.